The van der Waals surface area contributed by atoms with Crippen molar-refractivity contribution in [3.63, 3.8) is 0 Å². The third kappa shape index (κ3) is 2.96. The number of sulfone groups is 1. The van der Waals surface area contributed by atoms with Gasteiger partial charge in [0.2, 0.25) is 15.0 Å². The van der Waals surface area contributed by atoms with Gasteiger partial charge in [0.15, 0.2) is 5.69 Å². The van der Waals surface area contributed by atoms with E-state index in [2.05, 4.69) is 10.3 Å². The molecule has 0 radical (unpaired) electrons. The van der Waals surface area contributed by atoms with E-state index in [4.69, 9.17) is 0 Å². The zero-order valence-electron chi connectivity index (χ0n) is 13.2. The topological polar surface area (TPSA) is 83.8 Å². The summed E-state index contributed by atoms with van der Waals surface area (Å²) in [7, 11) is -1.64. The highest BCUT2D eigenvalue weighted by Gasteiger charge is 2.28. The molecule has 0 spiro atoms. The predicted octanol–water partition coefficient (Wildman–Crippen LogP) is 0.562. The molecule has 8 heteroatoms. The number of pyridine rings is 1. The van der Waals surface area contributed by atoms with E-state index in [-0.39, 0.29) is 22.8 Å². The third-order valence-electron chi connectivity index (χ3n) is 4.17. The second-order valence-corrected chi connectivity index (χ2v) is 7.76. The monoisotopic (exact) mass is 336 g/mol. The minimum absolute atomic E-state index is 0.0985. The van der Waals surface area contributed by atoms with E-state index in [0.29, 0.717) is 18.6 Å². The van der Waals surface area contributed by atoms with Crippen LogP contribution in [0.25, 0.3) is 5.52 Å². The van der Waals surface area contributed by atoms with Crippen LogP contribution in [0.5, 0.6) is 0 Å². The summed E-state index contributed by atoms with van der Waals surface area (Å²) < 4.78 is 25.3. The molecule has 1 amide bonds. The Balaban J connectivity index is 2.04. The molecule has 0 saturated carbocycles. The lowest BCUT2D eigenvalue weighted by atomic mass is 10.1. The second-order valence-electron chi connectivity index (χ2n) is 5.85. The molecular weight excluding hydrogens is 316 g/mol. The van der Waals surface area contributed by atoms with E-state index in [1.54, 1.807) is 29.3 Å². The minimum atomic E-state index is -3.52. The minimum Gasteiger partial charge on any atom is -0.336 e. The van der Waals surface area contributed by atoms with Gasteiger partial charge < -0.3 is 10.2 Å². The van der Waals surface area contributed by atoms with Crippen LogP contribution in [-0.4, -0.2) is 61.0 Å². The van der Waals surface area contributed by atoms with Crippen LogP contribution in [0.4, 0.5) is 0 Å². The van der Waals surface area contributed by atoms with Crippen molar-refractivity contribution in [3.8, 4) is 0 Å². The number of carbonyl (C=O) groups excluding carboxylic acids is 1. The molecule has 1 atom stereocenters. The van der Waals surface area contributed by atoms with Gasteiger partial charge in [-0.25, -0.2) is 13.4 Å². The summed E-state index contributed by atoms with van der Waals surface area (Å²) in [5.74, 6) is -0.219. The summed E-state index contributed by atoms with van der Waals surface area (Å²) in [5.41, 5.74) is 0.715. The van der Waals surface area contributed by atoms with E-state index in [0.717, 1.165) is 19.1 Å². The Morgan fingerprint density at radius 1 is 1.39 bits per heavy atom. The van der Waals surface area contributed by atoms with Gasteiger partial charge in [-0.2, -0.15) is 0 Å². The quantitative estimate of drug-likeness (QED) is 0.885. The lowest BCUT2D eigenvalue weighted by Gasteiger charge is -2.32. The van der Waals surface area contributed by atoms with Gasteiger partial charge in [-0.3, -0.25) is 9.20 Å². The Morgan fingerprint density at radius 2 is 2.17 bits per heavy atom. The summed E-state index contributed by atoms with van der Waals surface area (Å²) in [4.78, 5) is 18.7. The first-order valence-electron chi connectivity index (χ1n) is 7.55. The van der Waals surface area contributed by atoms with Gasteiger partial charge in [0, 0.05) is 31.6 Å². The molecule has 1 unspecified atom stereocenters. The fraction of sp³-hybridized carbons (Fsp3) is 0.467. The van der Waals surface area contributed by atoms with Crippen LogP contribution in [0.1, 0.15) is 23.3 Å². The van der Waals surface area contributed by atoms with Crippen molar-refractivity contribution in [2.24, 2.45) is 0 Å². The molecular formula is C15H20N4O3S. The van der Waals surface area contributed by atoms with Crippen LogP contribution in [0.2, 0.25) is 0 Å². The number of aromatic nitrogens is 2. The van der Waals surface area contributed by atoms with E-state index in [1.807, 2.05) is 7.05 Å². The average molecular weight is 336 g/mol. The molecule has 3 heterocycles. The smallest absolute Gasteiger partial charge is 0.274 e. The van der Waals surface area contributed by atoms with Crippen LogP contribution in [0.3, 0.4) is 0 Å². The first kappa shape index (κ1) is 15.9. The van der Waals surface area contributed by atoms with E-state index in [9.17, 15) is 13.2 Å². The summed E-state index contributed by atoms with van der Waals surface area (Å²) in [6, 6.07) is 5.46. The first-order valence-corrected chi connectivity index (χ1v) is 9.44. The molecule has 1 N–H and O–H groups in total. The Kier molecular flexibility index (Phi) is 4.11. The Morgan fingerprint density at radius 3 is 2.87 bits per heavy atom. The lowest BCUT2D eigenvalue weighted by Crippen LogP contribution is -2.47. The van der Waals surface area contributed by atoms with Gasteiger partial charge in [-0.15, -0.1) is 0 Å². The molecule has 2 aromatic rings. The van der Waals surface area contributed by atoms with E-state index >= 15 is 0 Å². The summed E-state index contributed by atoms with van der Waals surface area (Å²) in [5, 5.41) is 3.09. The maximum Gasteiger partial charge on any atom is 0.274 e. The molecule has 7 nitrogen and oxygen atoms in total. The van der Waals surface area contributed by atoms with E-state index < -0.39 is 9.84 Å². The zero-order chi connectivity index (χ0) is 16.6. The highest BCUT2D eigenvalue weighted by atomic mass is 32.2. The van der Waals surface area contributed by atoms with Crippen molar-refractivity contribution in [1.82, 2.24) is 19.6 Å². The largest absolute Gasteiger partial charge is 0.336 e. The number of hydrogen-bond donors (Lipinski definition) is 1. The van der Waals surface area contributed by atoms with Crippen LogP contribution in [-0.2, 0) is 9.84 Å². The fourth-order valence-corrected chi connectivity index (χ4v) is 3.75. The van der Waals surface area contributed by atoms with Crippen molar-refractivity contribution in [3.05, 3.63) is 30.1 Å². The lowest BCUT2D eigenvalue weighted by molar-refractivity contribution is 0.0694. The first-order chi connectivity index (χ1) is 10.9. The van der Waals surface area contributed by atoms with Gasteiger partial charge in [-0.05, 0) is 32.0 Å². The second kappa shape index (κ2) is 5.93. The number of hydrogen-bond acceptors (Lipinski definition) is 5. The molecule has 1 fully saturated rings. The van der Waals surface area contributed by atoms with Gasteiger partial charge in [-0.1, -0.05) is 6.07 Å². The van der Waals surface area contributed by atoms with Crippen molar-refractivity contribution in [2.75, 3.05) is 26.4 Å². The maximum absolute atomic E-state index is 12.8. The number of piperidine rings is 1. The normalized spacial score (nSPS) is 19.2. The van der Waals surface area contributed by atoms with Crippen molar-refractivity contribution < 1.29 is 13.2 Å². The number of rotatable bonds is 3. The molecule has 2 aromatic heterocycles. The Bertz CT molecular complexity index is 844. The summed E-state index contributed by atoms with van der Waals surface area (Å²) in [6.45, 7) is 1.27. The molecule has 0 bridgehead atoms. The number of fused-ring (bicyclic) bond motifs is 1. The van der Waals surface area contributed by atoms with E-state index in [1.165, 1.54) is 4.40 Å². The molecule has 1 aliphatic rings. The molecule has 0 aliphatic carbocycles. The van der Waals surface area contributed by atoms with Crippen LogP contribution in [0.15, 0.2) is 29.6 Å². The molecule has 1 aliphatic heterocycles. The molecule has 1 saturated heterocycles. The molecule has 3 rings (SSSR count). The van der Waals surface area contributed by atoms with Crippen LogP contribution >= 0.6 is 0 Å². The van der Waals surface area contributed by atoms with Crippen LogP contribution < -0.4 is 5.32 Å². The highest BCUT2D eigenvalue weighted by molar-refractivity contribution is 7.90. The summed E-state index contributed by atoms with van der Waals surface area (Å²) in [6.07, 6.45) is 4.66. The maximum atomic E-state index is 12.8. The van der Waals surface area contributed by atoms with Crippen molar-refractivity contribution >= 4 is 21.3 Å². The van der Waals surface area contributed by atoms with Gasteiger partial charge in [0.1, 0.15) is 0 Å². The standard InChI is InChI=1S/C15H20N4O3S/c1-16-11-6-5-8-18(10-11)14(20)13-12-7-3-4-9-19(12)15(17-13)23(2,21)22/h3-4,7,9,11,16H,5-6,8,10H2,1-2H3. The molecule has 124 valence electrons. The average Bonchev–Trinajstić information content (AvgIpc) is 2.94. The van der Waals surface area contributed by atoms with Crippen molar-refractivity contribution in [1.29, 1.82) is 0 Å². The molecule has 23 heavy (non-hydrogen) atoms. The van der Waals surface area contributed by atoms with Gasteiger partial charge in [0.05, 0.1) is 5.52 Å². The summed E-state index contributed by atoms with van der Waals surface area (Å²) >= 11 is 0. The van der Waals surface area contributed by atoms with Crippen LogP contribution in [0, 0.1) is 0 Å². The zero-order valence-corrected chi connectivity index (χ0v) is 14.0. The number of nitrogens with one attached hydrogen (secondary N) is 1. The Hall–Kier alpha value is -1.93. The number of likely N-dealkylation sites (tertiary alicyclic amines) is 1. The third-order valence-corrected chi connectivity index (χ3v) is 5.12. The number of carbonyl (C=O) groups is 1. The number of likely N-dealkylation sites (N-methyl/N-ethyl adjacent to an activating group) is 1. The van der Waals surface area contributed by atoms with Gasteiger partial charge in [0.25, 0.3) is 5.91 Å². The highest BCUT2D eigenvalue weighted by Crippen LogP contribution is 2.20. The number of amides is 1. The predicted molar refractivity (Wildman–Crippen MR) is 86.3 cm³/mol. The van der Waals surface area contributed by atoms with Gasteiger partial charge >= 0.3 is 0 Å². The Labute approximate surface area is 135 Å². The number of nitrogens with zero attached hydrogens (tertiary/aromatic N) is 3. The number of imidazole rings is 1. The van der Waals surface area contributed by atoms with Crippen molar-refractivity contribution in [2.45, 2.75) is 24.0 Å². The fourth-order valence-electron chi connectivity index (χ4n) is 2.98. The SMILES string of the molecule is CNC1CCCN(C(=O)c2nc(S(C)(=O)=O)n3ccccc23)C1. The molecule has 0 aromatic carbocycles.